The van der Waals surface area contributed by atoms with Crippen molar-refractivity contribution in [2.45, 2.75) is 6.42 Å². The maximum absolute atomic E-state index is 12.1. The summed E-state index contributed by atoms with van der Waals surface area (Å²) < 4.78 is 2.49. The van der Waals surface area contributed by atoms with E-state index < -0.39 is 0 Å². The average molecular weight is 358 g/mol. The van der Waals surface area contributed by atoms with Crippen LogP contribution in [0, 0.1) is 0 Å². The molecular formula is C15H12BrN5O. The van der Waals surface area contributed by atoms with Crippen molar-refractivity contribution < 1.29 is 4.79 Å². The van der Waals surface area contributed by atoms with Gasteiger partial charge in [0.2, 0.25) is 5.91 Å². The molecule has 0 radical (unpaired) electrons. The van der Waals surface area contributed by atoms with Gasteiger partial charge in [0.1, 0.15) is 6.33 Å². The summed E-state index contributed by atoms with van der Waals surface area (Å²) in [7, 11) is 0. The monoisotopic (exact) mass is 357 g/mol. The van der Waals surface area contributed by atoms with Crippen molar-refractivity contribution in [3.05, 3.63) is 64.9 Å². The number of carbonyl (C=O) groups excluding carboxylic acids is 1. The molecule has 3 rings (SSSR count). The summed E-state index contributed by atoms with van der Waals surface area (Å²) in [6.45, 7) is 0. The summed E-state index contributed by atoms with van der Waals surface area (Å²) in [5.74, 6) is -0.0769. The van der Waals surface area contributed by atoms with Crippen LogP contribution in [0.2, 0.25) is 0 Å². The molecule has 1 aromatic heterocycles. The third-order valence-electron chi connectivity index (χ3n) is 3.00. The quantitative estimate of drug-likeness (QED) is 0.778. The maximum atomic E-state index is 12.1. The molecule has 6 nitrogen and oxygen atoms in total. The highest BCUT2D eigenvalue weighted by Gasteiger charge is 2.06. The first-order chi connectivity index (χ1) is 10.7. The number of amides is 1. The minimum absolute atomic E-state index is 0.0769. The van der Waals surface area contributed by atoms with Crippen LogP contribution >= 0.6 is 15.9 Å². The summed E-state index contributed by atoms with van der Waals surface area (Å²) in [5.41, 5.74) is 2.43. The number of halogens is 1. The molecule has 1 heterocycles. The maximum Gasteiger partial charge on any atom is 0.228 e. The van der Waals surface area contributed by atoms with Gasteiger partial charge in [-0.3, -0.25) is 4.79 Å². The molecule has 0 spiro atoms. The SMILES string of the molecule is O=C(Cc1cccc(Br)c1)Nc1cccc(-n2cnnn2)c1. The lowest BCUT2D eigenvalue weighted by Gasteiger charge is -2.07. The molecule has 0 saturated heterocycles. The highest BCUT2D eigenvalue weighted by atomic mass is 79.9. The molecule has 3 aromatic rings. The van der Waals surface area contributed by atoms with Crippen molar-refractivity contribution >= 4 is 27.5 Å². The van der Waals surface area contributed by atoms with Crippen LogP contribution in [0.1, 0.15) is 5.56 Å². The van der Waals surface area contributed by atoms with Crippen molar-refractivity contribution in [2.75, 3.05) is 5.32 Å². The van der Waals surface area contributed by atoms with Crippen LogP contribution < -0.4 is 5.32 Å². The van der Waals surface area contributed by atoms with Crippen molar-refractivity contribution in [3.63, 3.8) is 0 Å². The first kappa shape index (κ1) is 14.4. The zero-order chi connectivity index (χ0) is 15.4. The van der Waals surface area contributed by atoms with Gasteiger partial charge >= 0.3 is 0 Å². The Morgan fingerprint density at radius 3 is 2.82 bits per heavy atom. The largest absolute Gasteiger partial charge is 0.326 e. The molecule has 7 heteroatoms. The first-order valence-corrected chi connectivity index (χ1v) is 7.38. The van der Waals surface area contributed by atoms with Gasteiger partial charge in [0.05, 0.1) is 12.1 Å². The number of benzene rings is 2. The molecule has 0 aliphatic rings. The molecule has 0 aliphatic heterocycles. The summed E-state index contributed by atoms with van der Waals surface area (Å²) in [6.07, 6.45) is 1.82. The predicted octanol–water partition coefficient (Wildman–Crippen LogP) is 2.61. The number of aromatic nitrogens is 4. The van der Waals surface area contributed by atoms with E-state index in [0.717, 1.165) is 15.7 Å². The van der Waals surface area contributed by atoms with E-state index >= 15 is 0 Å². The fraction of sp³-hybridized carbons (Fsp3) is 0.0667. The van der Waals surface area contributed by atoms with Crippen LogP contribution in [0.15, 0.2) is 59.3 Å². The Hall–Kier alpha value is -2.54. The Morgan fingerprint density at radius 2 is 2.05 bits per heavy atom. The van der Waals surface area contributed by atoms with Crippen molar-refractivity contribution in [1.82, 2.24) is 20.2 Å². The average Bonchev–Trinajstić information content (AvgIpc) is 3.01. The van der Waals surface area contributed by atoms with E-state index in [-0.39, 0.29) is 5.91 Å². The molecule has 0 aliphatic carbocycles. The number of nitrogens with zero attached hydrogens (tertiary/aromatic N) is 4. The predicted molar refractivity (Wildman–Crippen MR) is 85.6 cm³/mol. The molecule has 0 saturated carbocycles. The lowest BCUT2D eigenvalue weighted by Crippen LogP contribution is -2.14. The van der Waals surface area contributed by atoms with E-state index in [1.165, 1.54) is 11.0 Å². The zero-order valence-electron chi connectivity index (χ0n) is 11.5. The van der Waals surface area contributed by atoms with Crippen LogP contribution in [0.5, 0.6) is 0 Å². The number of hydrogen-bond donors (Lipinski definition) is 1. The highest BCUT2D eigenvalue weighted by Crippen LogP contribution is 2.15. The second-order valence-corrected chi connectivity index (χ2v) is 5.58. The van der Waals surface area contributed by atoms with Gasteiger partial charge < -0.3 is 5.32 Å². The zero-order valence-corrected chi connectivity index (χ0v) is 13.1. The smallest absolute Gasteiger partial charge is 0.228 e. The molecule has 0 fully saturated rings. The van der Waals surface area contributed by atoms with Crippen molar-refractivity contribution in [3.8, 4) is 5.69 Å². The van der Waals surface area contributed by atoms with Crippen LogP contribution in [0.25, 0.3) is 5.69 Å². The molecule has 1 amide bonds. The number of carbonyl (C=O) groups is 1. The van der Waals surface area contributed by atoms with E-state index in [1.54, 1.807) is 0 Å². The Bertz CT molecular complexity index is 788. The minimum atomic E-state index is -0.0769. The molecule has 0 unspecified atom stereocenters. The number of tetrazole rings is 1. The molecule has 0 bridgehead atoms. The molecule has 22 heavy (non-hydrogen) atoms. The van der Waals surface area contributed by atoms with E-state index in [4.69, 9.17) is 0 Å². The Balaban J connectivity index is 1.70. The van der Waals surface area contributed by atoms with Crippen LogP contribution in [-0.2, 0) is 11.2 Å². The van der Waals surface area contributed by atoms with Gasteiger partial charge in [-0.05, 0) is 46.3 Å². The number of rotatable bonds is 4. The van der Waals surface area contributed by atoms with E-state index in [1.807, 2.05) is 48.5 Å². The highest BCUT2D eigenvalue weighted by molar-refractivity contribution is 9.10. The van der Waals surface area contributed by atoms with Crippen molar-refractivity contribution in [1.29, 1.82) is 0 Å². The van der Waals surface area contributed by atoms with Gasteiger partial charge in [-0.25, -0.2) is 4.68 Å². The fourth-order valence-corrected chi connectivity index (χ4v) is 2.49. The molecule has 110 valence electrons. The normalized spacial score (nSPS) is 10.4. The second-order valence-electron chi connectivity index (χ2n) is 4.66. The van der Waals surface area contributed by atoms with Crippen LogP contribution in [0.3, 0.4) is 0 Å². The second kappa shape index (κ2) is 6.48. The number of anilines is 1. The lowest BCUT2D eigenvalue weighted by molar-refractivity contribution is -0.115. The first-order valence-electron chi connectivity index (χ1n) is 6.58. The van der Waals surface area contributed by atoms with Gasteiger partial charge in [-0.15, -0.1) is 5.10 Å². The topological polar surface area (TPSA) is 72.7 Å². The van der Waals surface area contributed by atoms with Gasteiger partial charge in [-0.1, -0.05) is 34.1 Å². The van der Waals surface area contributed by atoms with E-state index in [0.29, 0.717) is 12.1 Å². The Morgan fingerprint density at radius 1 is 1.18 bits per heavy atom. The van der Waals surface area contributed by atoms with Gasteiger partial charge in [0.25, 0.3) is 0 Å². The van der Waals surface area contributed by atoms with Crippen molar-refractivity contribution in [2.24, 2.45) is 0 Å². The summed E-state index contributed by atoms with van der Waals surface area (Å²) >= 11 is 3.40. The molecule has 2 aromatic carbocycles. The van der Waals surface area contributed by atoms with E-state index in [9.17, 15) is 4.79 Å². The minimum Gasteiger partial charge on any atom is -0.326 e. The van der Waals surface area contributed by atoms with E-state index in [2.05, 4.69) is 36.8 Å². The number of nitrogens with one attached hydrogen (secondary N) is 1. The fourth-order valence-electron chi connectivity index (χ4n) is 2.04. The summed E-state index contributed by atoms with van der Waals surface area (Å²) in [6, 6.07) is 15.0. The van der Waals surface area contributed by atoms with Gasteiger partial charge in [0, 0.05) is 10.2 Å². The van der Waals surface area contributed by atoms with Gasteiger partial charge in [-0.2, -0.15) is 0 Å². The molecule has 1 N–H and O–H groups in total. The third kappa shape index (κ3) is 3.56. The van der Waals surface area contributed by atoms with Gasteiger partial charge in [0.15, 0.2) is 0 Å². The Kier molecular flexibility index (Phi) is 4.24. The number of hydrogen-bond acceptors (Lipinski definition) is 4. The molecular weight excluding hydrogens is 346 g/mol. The third-order valence-corrected chi connectivity index (χ3v) is 3.49. The standard InChI is InChI=1S/C15H12BrN5O/c16-12-4-1-3-11(7-12)8-15(22)18-13-5-2-6-14(9-13)21-10-17-19-20-21/h1-7,9-10H,8H2,(H,18,22). The Labute approximate surface area is 135 Å². The lowest BCUT2D eigenvalue weighted by atomic mass is 10.1. The summed E-state index contributed by atoms with van der Waals surface area (Å²) in [4.78, 5) is 12.1. The molecule has 0 atom stereocenters. The van der Waals surface area contributed by atoms with Crippen LogP contribution in [-0.4, -0.2) is 26.1 Å². The van der Waals surface area contributed by atoms with Crippen LogP contribution in [0.4, 0.5) is 5.69 Å². The summed E-state index contributed by atoms with van der Waals surface area (Å²) in [5, 5.41) is 13.9.